The minimum absolute atomic E-state index is 0.228. The van der Waals surface area contributed by atoms with Crippen molar-refractivity contribution in [1.82, 2.24) is 10.1 Å². The molecule has 0 unspecified atom stereocenters. The summed E-state index contributed by atoms with van der Waals surface area (Å²) in [4.78, 5) is 4.24. The molecule has 0 atom stereocenters. The van der Waals surface area contributed by atoms with Gasteiger partial charge in [-0.05, 0) is 13.8 Å². The molecule has 5 heteroatoms. The van der Waals surface area contributed by atoms with E-state index in [1.807, 2.05) is 13.8 Å². The molecule has 0 radical (unpaired) electrons. The lowest BCUT2D eigenvalue weighted by Crippen LogP contribution is -2.10. The van der Waals surface area contributed by atoms with Crippen LogP contribution in [0, 0.1) is 0 Å². The molecule has 15 heavy (non-hydrogen) atoms. The Kier molecular flexibility index (Phi) is 4.02. The minimum atomic E-state index is 0.228. The zero-order chi connectivity index (χ0) is 11.5. The second-order valence-corrected chi connectivity index (χ2v) is 6.52. The quantitative estimate of drug-likeness (QED) is 0.860. The van der Waals surface area contributed by atoms with Crippen LogP contribution in [0.25, 0.3) is 0 Å². The Morgan fingerprint density at radius 3 is 2.60 bits per heavy atom. The van der Waals surface area contributed by atoms with Crippen LogP contribution in [0.2, 0.25) is 0 Å². The van der Waals surface area contributed by atoms with Crippen molar-refractivity contribution in [3.05, 3.63) is 5.82 Å². The van der Waals surface area contributed by atoms with Crippen LogP contribution in [0.1, 0.15) is 40.4 Å². The average Bonchev–Trinajstić information content (AvgIpc) is 2.46. The van der Waals surface area contributed by atoms with Crippen LogP contribution in [0.15, 0.2) is 4.52 Å². The first-order valence-electron chi connectivity index (χ1n) is 5.10. The van der Waals surface area contributed by atoms with Crippen LogP contribution < -0.4 is 5.32 Å². The van der Waals surface area contributed by atoms with E-state index in [0.29, 0.717) is 12.1 Å². The van der Waals surface area contributed by atoms with Gasteiger partial charge in [-0.3, -0.25) is 0 Å². The monoisotopic (exact) mass is 229 g/mol. The molecular formula is C10H19N3OS. The topological polar surface area (TPSA) is 51.0 Å². The normalized spacial score (nSPS) is 12.1. The standard InChI is InChI=1S/C10H19N3OS/c1-7(2)11-9-12-8(13-14-9)6-15-10(3,4)5/h7H,6H2,1-5H3,(H,11,12,13). The molecule has 0 aliphatic carbocycles. The molecule has 1 aromatic rings. The van der Waals surface area contributed by atoms with Crippen LogP contribution in [-0.2, 0) is 5.75 Å². The summed E-state index contributed by atoms with van der Waals surface area (Å²) in [6.07, 6.45) is 0. The number of nitrogens with one attached hydrogen (secondary N) is 1. The van der Waals surface area contributed by atoms with Crippen LogP contribution in [-0.4, -0.2) is 20.9 Å². The lowest BCUT2D eigenvalue weighted by Gasteiger charge is -2.15. The number of anilines is 1. The lowest BCUT2D eigenvalue weighted by molar-refractivity contribution is 0.422. The molecule has 0 spiro atoms. The smallest absolute Gasteiger partial charge is 0.321 e. The first-order valence-corrected chi connectivity index (χ1v) is 6.08. The molecule has 86 valence electrons. The summed E-state index contributed by atoms with van der Waals surface area (Å²) in [5, 5.41) is 6.98. The molecule has 1 aromatic heterocycles. The molecule has 0 bridgehead atoms. The largest absolute Gasteiger partial charge is 0.336 e. The number of hydrogen-bond acceptors (Lipinski definition) is 5. The van der Waals surface area contributed by atoms with E-state index >= 15 is 0 Å². The van der Waals surface area contributed by atoms with Crippen molar-refractivity contribution >= 4 is 17.8 Å². The van der Waals surface area contributed by atoms with E-state index in [9.17, 15) is 0 Å². The van der Waals surface area contributed by atoms with E-state index in [2.05, 4.69) is 36.2 Å². The Hall–Kier alpha value is -0.710. The van der Waals surface area contributed by atoms with Gasteiger partial charge in [0.1, 0.15) is 0 Å². The fourth-order valence-electron chi connectivity index (χ4n) is 0.899. The molecular weight excluding hydrogens is 210 g/mol. The number of nitrogens with zero attached hydrogens (tertiary/aromatic N) is 2. The molecule has 0 fully saturated rings. The van der Waals surface area contributed by atoms with Crippen LogP contribution in [0.5, 0.6) is 0 Å². The summed E-state index contributed by atoms with van der Waals surface area (Å²) in [5.74, 6) is 1.53. The molecule has 4 nitrogen and oxygen atoms in total. The number of rotatable bonds is 4. The van der Waals surface area contributed by atoms with Crippen molar-refractivity contribution in [1.29, 1.82) is 0 Å². The maximum atomic E-state index is 5.06. The van der Waals surface area contributed by atoms with Crippen molar-refractivity contribution in [2.75, 3.05) is 5.32 Å². The Bertz CT molecular complexity index is 304. The van der Waals surface area contributed by atoms with Gasteiger partial charge in [-0.15, -0.1) is 11.8 Å². The van der Waals surface area contributed by atoms with Gasteiger partial charge in [-0.2, -0.15) is 4.98 Å². The highest BCUT2D eigenvalue weighted by molar-refractivity contribution is 7.99. The average molecular weight is 229 g/mol. The van der Waals surface area contributed by atoms with Gasteiger partial charge in [0.2, 0.25) is 0 Å². The van der Waals surface area contributed by atoms with Crippen molar-refractivity contribution in [2.45, 2.75) is 51.2 Å². The second kappa shape index (κ2) is 4.88. The molecule has 0 aliphatic heterocycles. The van der Waals surface area contributed by atoms with E-state index in [1.165, 1.54) is 0 Å². The fraction of sp³-hybridized carbons (Fsp3) is 0.800. The highest BCUT2D eigenvalue weighted by atomic mass is 32.2. The SMILES string of the molecule is CC(C)Nc1nc(CSC(C)(C)C)no1. The first-order chi connectivity index (χ1) is 6.87. The molecule has 1 rings (SSSR count). The molecule has 0 aromatic carbocycles. The molecule has 0 aliphatic rings. The lowest BCUT2D eigenvalue weighted by atomic mass is 10.3. The molecule has 0 saturated carbocycles. The number of aromatic nitrogens is 2. The number of hydrogen-bond donors (Lipinski definition) is 1. The molecule has 1 heterocycles. The van der Waals surface area contributed by atoms with Crippen molar-refractivity contribution in [3.8, 4) is 0 Å². The number of thioether (sulfide) groups is 1. The zero-order valence-electron chi connectivity index (χ0n) is 10.00. The highest BCUT2D eigenvalue weighted by Crippen LogP contribution is 2.26. The molecule has 0 saturated heterocycles. The third-order valence-electron chi connectivity index (χ3n) is 1.51. The van der Waals surface area contributed by atoms with Crippen LogP contribution in [0.3, 0.4) is 0 Å². The van der Waals surface area contributed by atoms with E-state index in [-0.39, 0.29) is 4.75 Å². The van der Waals surface area contributed by atoms with Gasteiger partial charge in [0.15, 0.2) is 5.82 Å². The first kappa shape index (κ1) is 12.4. The Morgan fingerprint density at radius 1 is 1.40 bits per heavy atom. The summed E-state index contributed by atoms with van der Waals surface area (Å²) >= 11 is 1.81. The minimum Gasteiger partial charge on any atom is -0.336 e. The van der Waals surface area contributed by atoms with E-state index in [1.54, 1.807) is 11.8 Å². The highest BCUT2D eigenvalue weighted by Gasteiger charge is 2.13. The maximum Gasteiger partial charge on any atom is 0.321 e. The summed E-state index contributed by atoms with van der Waals surface area (Å²) in [7, 11) is 0. The third kappa shape index (κ3) is 5.06. The molecule has 1 N–H and O–H groups in total. The Balaban J connectivity index is 2.46. The van der Waals surface area contributed by atoms with Gasteiger partial charge in [-0.25, -0.2) is 0 Å². The van der Waals surface area contributed by atoms with Crippen molar-refractivity contribution < 1.29 is 4.52 Å². The van der Waals surface area contributed by atoms with Gasteiger partial charge < -0.3 is 9.84 Å². The van der Waals surface area contributed by atoms with E-state index < -0.39 is 0 Å². The van der Waals surface area contributed by atoms with Crippen molar-refractivity contribution in [3.63, 3.8) is 0 Å². The van der Waals surface area contributed by atoms with Gasteiger partial charge in [-0.1, -0.05) is 25.9 Å². The van der Waals surface area contributed by atoms with Gasteiger partial charge in [0.25, 0.3) is 0 Å². The van der Waals surface area contributed by atoms with Gasteiger partial charge in [0, 0.05) is 10.8 Å². The summed E-state index contributed by atoms with van der Waals surface area (Å²) in [6, 6.07) is 0.822. The fourth-order valence-corrected chi connectivity index (χ4v) is 1.58. The summed E-state index contributed by atoms with van der Waals surface area (Å²) in [6.45, 7) is 10.6. The second-order valence-electron chi connectivity index (χ2n) is 4.72. The van der Waals surface area contributed by atoms with Gasteiger partial charge in [0.05, 0.1) is 5.75 Å². The Labute approximate surface area is 95.2 Å². The predicted molar refractivity (Wildman–Crippen MR) is 64.1 cm³/mol. The third-order valence-corrected chi connectivity index (χ3v) is 2.78. The van der Waals surface area contributed by atoms with Crippen LogP contribution >= 0.6 is 11.8 Å². The van der Waals surface area contributed by atoms with E-state index in [0.717, 1.165) is 11.6 Å². The predicted octanol–water partition coefficient (Wildman–Crippen LogP) is 2.92. The maximum absolute atomic E-state index is 5.06. The van der Waals surface area contributed by atoms with Crippen LogP contribution in [0.4, 0.5) is 6.01 Å². The Morgan fingerprint density at radius 2 is 2.07 bits per heavy atom. The summed E-state index contributed by atoms with van der Waals surface area (Å²) < 4.78 is 5.28. The molecule has 0 amide bonds. The van der Waals surface area contributed by atoms with Gasteiger partial charge >= 0.3 is 6.01 Å². The van der Waals surface area contributed by atoms with E-state index in [4.69, 9.17) is 4.52 Å². The van der Waals surface area contributed by atoms with Crippen molar-refractivity contribution in [2.24, 2.45) is 0 Å². The zero-order valence-corrected chi connectivity index (χ0v) is 10.8. The summed E-state index contributed by atoms with van der Waals surface area (Å²) in [5.41, 5.74) is 0.